The maximum Gasteiger partial charge on any atom is 0.239 e. The highest BCUT2D eigenvalue weighted by molar-refractivity contribution is 6.03. The van der Waals surface area contributed by atoms with Crippen molar-refractivity contribution in [3.63, 3.8) is 0 Å². The first-order valence-corrected chi connectivity index (χ1v) is 9.31. The van der Waals surface area contributed by atoms with Crippen LogP contribution in [0, 0.1) is 28.1 Å². The Kier molecular flexibility index (Phi) is 3.64. The quantitative estimate of drug-likeness (QED) is 0.808. The number of para-hydroxylation sites is 1. The van der Waals surface area contributed by atoms with Crippen molar-refractivity contribution in [2.45, 2.75) is 44.4 Å². The van der Waals surface area contributed by atoms with Gasteiger partial charge in [-0.05, 0) is 30.4 Å². The third-order valence-corrected chi connectivity index (χ3v) is 7.29. The molecular formula is C22H21N5O. The first-order chi connectivity index (χ1) is 13.2. The van der Waals surface area contributed by atoms with Crippen LogP contribution in [0.1, 0.15) is 56.4 Å². The highest BCUT2D eigenvalue weighted by Crippen LogP contribution is 2.70. The van der Waals surface area contributed by atoms with E-state index < -0.39 is 10.8 Å². The number of fused-ring (bicyclic) bond motifs is 5. The lowest BCUT2D eigenvalue weighted by atomic mass is 9.63. The minimum atomic E-state index is -0.881. The molecule has 1 aromatic carbocycles. The number of carbonyl (C=O) groups is 1. The molecule has 2 bridgehead atoms. The molecule has 4 rings (SSSR count). The third kappa shape index (κ3) is 1.88. The number of benzene rings is 1. The molecule has 0 radical (unpaired) electrons. The van der Waals surface area contributed by atoms with Crippen LogP contribution in [0.4, 0.5) is 5.69 Å². The van der Waals surface area contributed by atoms with Crippen molar-refractivity contribution in [1.82, 2.24) is 9.97 Å². The highest BCUT2D eigenvalue weighted by Gasteiger charge is 2.73. The van der Waals surface area contributed by atoms with Gasteiger partial charge in [-0.1, -0.05) is 39.0 Å². The van der Waals surface area contributed by atoms with E-state index in [2.05, 4.69) is 30.7 Å². The summed E-state index contributed by atoms with van der Waals surface area (Å²) in [5.74, 6) is -0.0472. The predicted octanol–water partition coefficient (Wildman–Crippen LogP) is 3.21. The SMILES string of the molecule is CN(C(=O)C12CCC(C)(c3nc(C#N)c(C#N)nc31)C2(C)C)c1ccccc1. The standard InChI is InChI=1S/C22H21N5O/c1-20(2)21(3)10-11-22(20,19(28)27(4)14-8-6-5-7-9-14)18-17(21)25-15(12-23)16(13-24)26-18/h5-9H,10-11H2,1-4H3. The van der Waals surface area contributed by atoms with E-state index in [1.165, 1.54) is 0 Å². The van der Waals surface area contributed by atoms with Crippen LogP contribution < -0.4 is 4.90 Å². The largest absolute Gasteiger partial charge is 0.315 e. The van der Waals surface area contributed by atoms with Gasteiger partial charge in [-0.2, -0.15) is 10.5 Å². The zero-order valence-electron chi connectivity index (χ0n) is 16.4. The Labute approximate surface area is 164 Å². The summed E-state index contributed by atoms with van der Waals surface area (Å²) >= 11 is 0. The Bertz CT molecular complexity index is 1080. The summed E-state index contributed by atoms with van der Waals surface area (Å²) in [6.45, 7) is 6.26. The monoisotopic (exact) mass is 371 g/mol. The zero-order chi connectivity index (χ0) is 20.3. The number of nitriles is 2. The van der Waals surface area contributed by atoms with Crippen LogP contribution in [0.15, 0.2) is 30.3 Å². The van der Waals surface area contributed by atoms with E-state index in [4.69, 9.17) is 0 Å². The number of rotatable bonds is 2. The smallest absolute Gasteiger partial charge is 0.239 e. The Morgan fingerprint density at radius 3 is 2.14 bits per heavy atom. The van der Waals surface area contributed by atoms with Crippen LogP contribution in [0.2, 0.25) is 0 Å². The number of nitrogens with zero attached hydrogens (tertiary/aromatic N) is 5. The molecule has 0 spiro atoms. The summed E-state index contributed by atoms with van der Waals surface area (Å²) in [6.07, 6.45) is 1.43. The van der Waals surface area contributed by atoms with Crippen molar-refractivity contribution >= 4 is 11.6 Å². The van der Waals surface area contributed by atoms with Gasteiger partial charge in [-0.3, -0.25) is 4.79 Å². The number of hydrogen-bond donors (Lipinski definition) is 0. The van der Waals surface area contributed by atoms with Crippen molar-refractivity contribution in [3.8, 4) is 12.1 Å². The van der Waals surface area contributed by atoms with Crippen molar-refractivity contribution in [2.75, 3.05) is 11.9 Å². The molecule has 2 aliphatic carbocycles. The van der Waals surface area contributed by atoms with Gasteiger partial charge in [0.05, 0.1) is 16.8 Å². The fourth-order valence-corrected chi connectivity index (χ4v) is 5.17. The number of aromatic nitrogens is 2. The van der Waals surface area contributed by atoms with Crippen LogP contribution in [0.3, 0.4) is 0 Å². The fraction of sp³-hybridized carbons (Fsp3) is 0.409. The zero-order valence-corrected chi connectivity index (χ0v) is 16.4. The molecule has 1 aromatic heterocycles. The van der Waals surface area contributed by atoms with E-state index in [9.17, 15) is 15.3 Å². The molecule has 2 unspecified atom stereocenters. The predicted molar refractivity (Wildman–Crippen MR) is 103 cm³/mol. The van der Waals surface area contributed by atoms with E-state index in [0.717, 1.165) is 12.1 Å². The van der Waals surface area contributed by atoms with E-state index in [-0.39, 0.29) is 22.7 Å². The van der Waals surface area contributed by atoms with Gasteiger partial charge in [0.15, 0.2) is 11.4 Å². The van der Waals surface area contributed by atoms with Gasteiger partial charge in [0.25, 0.3) is 0 Å². The second-order valence-electron chi connectivity index (χ2n) is 8.40. The molecule has 1 heterocycles. The number of carbonyl (C=O) groups excluding carboxylic acids is 1. The Hall–Kier alpha value is -3.25. The average Bonchev–Trinajstić information content (AvgIpc) is 3.01. The fourth-order valence-electron chi connectivity index (χ4n) is 5.17. The molecule has 2 atom stereocenters. The molecule has 0 aliphatic heterocycles. The maximum atomic E-state index is 13.9. The van der Waals surface area contributed by atoms with Gasteiger partial charge in [0.1, 0.15) is 12.1 Å². The van der Waals surface area contributed by atoms with Gasteiger partial charge in [-0.25, -0.2) is 9.97 Å². The van der Waals surface area contributed by atoms with Gasteiger partial charge >= 0.3 is 0 Å². The van der Waals surface area contributed by atoms with E-state index in [1.54, 1.807) is 11.9 Å². The lowest BCUT2D eigenvalue weighted by molar-refractivity contribution is -0.127. The number of anilines is 1. The Balaban J connectivity index is 1.96. The lowest BCUT2D eigenvalue weighted by Crippen LogP contribution is -2.52. The second-order valence-corrected chi connectivity index (χ2v) is 8.40. The number of amides is 1. The van der Waals surface area contributed by atoms with Gasteiger partial charge in [-0.15, -0.1) is 0 Å². The first kappa shape index (κ1) is 18.1. The summed E-state index contributed by atoms with van der Waals surface area (Å²) in [5, 5.41) is 18.9. The van der Waals surface area contributed by atoms with Gasteiger partial charge < -0.3 is 4.90 Å². The average molecular weight is 371 g/mol. The molecule has 1 saturated carbocycles. The molecule has 28 heavy (non-hydrogen) atoms. The summed E-state index contributed by atoms with van der Waals surface area (Å²) in [6, 6.07) is 13.5. The van der Waals surface area contributed by atoms with Gasteiger partial charge in [0, 0.05) is 18.2 Å². The lowest BCUT2D eigenvalue weighted by Gasteiger charge is -2.41. The topological polar surface area (TPSA) is 93.7 Å². The van der Waals surface area contributed by atoms with Gasteiger partial charge in [0.2, 0.25) is 5.91 Å². The summed E-state index contributed by atoms with van der Waals surface area (Å²) in [5.41, 5.74) is 0.359. The first-order valence-electron chi connectivity index (χ1n) is 9.31. The van der Waals surface area contributed by atoms with Crippen LogP contribution in [-0.2, 0) is 15.6 Å². The molecule has 1 amide bonds. The van der Waals surface area contributed by atoms with Crippen LogP contribution in [0.5, 0.6) is 0 Å². The molecule has 0 saturated heterocycles. The second kappa shape index (κ2) is 5.62. The minimum Gasteiger partial charge on any atom is -0.315 e. The summed E-state index contributed by atoms with van der Waals surface area (Å²) < 4.78 is 0. The summed E-state index contributed by atoms with van der Waals surface area (Å²) in [4.78, 5) is 24.7. The minimum absolute atomic E-state index is 0.0114. The molecule has 1 fully saturated rings. The van der Waals surface area contributed by atoms with E-state index in [1.807, 2.05) is 42.5 Å². The molecule has 6 heteroatoms. The van der Waals surface area contributed by atoms with Crippen LogP contribution >= 0.6 is 0 Å². The Morgan fingerprint density at radius 1 is 1.00 bits per heavy atom. The van der Waals surface area contributed by atoms with E-state index >= 15 is 0 Å². The number of likely N-dealkylation sites (N-methyl/N-ethyl adjacent to an activating group) is 1. The van der Waals surface area contributed by atoms with Crippen LogP contribution in [0.25, 0.3) is 0 Å². The molecule has 6 nitrogen and oxygen atoms in total. The molecule has 2 aromatic rings. The Morgan fingerprint density at radius 2 is 1.57 bits per heavy atom. The normalized spacial score (nSPS) is 26.2. The molecule has 2 aliphatic rings. The van der Waals surface area contributed by atoms with Crippen molar-refractivity contribution in [3.05, 3.63) is 53.1 Å². The van der Waals surface area contributed by atoms with Crippen molar-refractivity contribution in [2.24, 2.45) is 5.41 Å². The highest BCUT2D eigenvalue weighted by atomic mass is 16.2. The third-order valence-electron chi connectivity index (χ3n) is 7.29. The van der Waals surface area contributed by atoms with Crippen molar-refractivity contribution < 1.29 is 4.79 Å². The van der Waals surface area contributed by atoms with Crippen LogP contribution in [-0.4, -0.2) is 22.9 Å². The number of hydrogen-bond acceptors (Lipinski definition) is 5. The van der Waals surface area contributed by atoms with Crippen molar-refractivity contribution in [1.29, 1.82) is 10.5 Å². The molecule has 0 N–H and O–H groups in total. The van der Waals surface area contributed by atoms with E-state index in [0.29, 0.717) is 17.8 Å². The molecule has 140 valence electrons. The maximum absolute atomic E-state index is 13.9. The summed E-state index contributed by atoms with van der Waals surface area (Å²) in [7, 11) is 1.78. The molecular weight excluding hydrogens is 350 g/mol.